The minimum atomic E-state index is -0.380. The minimum Gasteiger partial charge on any atom is -0.508 e. The summed E-state index contributed by atoms with van der Waals surface area (Å²) in [4.78, 5) is 16.4. The van der Waals surface area contributed by atoms with Crippen molar-refractivity contribution in [1.82, 2.24) is 15.2 Å². The first-order valence-corrected chi connectivity index (χ1v) is 6.73. The molecule has 21 heavy (non-hydrogen) atoms. The third-order valence-electron chi connectivity index (χ3n) is 3.19. The van der Waals surface area contributed by atoms with Crippen LogP contribution in [0, 0.1) is 13.8 Å². The molecule has 1 aromatic heterocycles. The quantitative estimate of drug-likeness (QED) is 0.741. The highest BCUT2D eigenvalue weighted by Crippen LogP contribution is 2.25. The number of benzene rings is 1. The number of aryl methyl sites for hydroxylation is 2. The normalized spacial score (nSPS) is 11.5. The van der Waals surface area contributed by atoms with Crippen LogP contribution in [0.2, 0.25) is 0 Å². The van der Waals surface area contributed by atoms with Gasteiger partial charge in [0.1, 0.15) is 11.6 Å². The number of carbonyl (C=O) groups is 1. The average molecular weight is 288 g/mol. The largest absolute Gasteiger partial charge is 0.508 e. The molecule has 0 bridgehead atoms. The van der Waals surface area contributed by atoms with Crippen molar-refractivity contribution in [3.05, 3.63) is 34.9 Å². The lowest BCUT2D eigenvalue weighted by atomic mass is 9.96. The van der Waals surface area contributed by atoms with Gasteiger partial charge in [0.15, 0.2) is 0 Å². The van der Waals surface area contributed by atoms with Gasteiger partial charge in [-0.2, -0.15) is 0 Å². The van der Waals surface area contributed by atoms with E-state index in [1.807, 2.05) is 27.7 Å². The number of amides is 1. The van der Waals surface area contributed by atoms with Crippen LogP contribution in [-0.4, -0.2) is 26.2 Å². The molecule has 0 radical (unpaired) electrons. The second-order valence-corrected chi connectivity index (χ2v) is 6.17. The van der Waals surface area contributed by atoms with Crippen molar-refractivity contribution in [1.29, 1.82) is 0 Å². The Morgan fingerprint density at radius 3 is 2.48 bits per heavy atom. The Labute approximate surface area is 123 Å². The Morgan fingerprint density at radius 1 is 1.24 bits per heavy atom. The van der Waals surface area contributed by atoms with Crippen molar-refractivity contribution in [2.24, 2.45) is 0 Å². The standard InChI is InChI=1S/C15H20N4O2/c1-8-7-11(20)9(2)6-10(8)16-13(21)12-17-14(19-18-12)15(3,4)5/h6-7,20H,1-5H3,(H,16,21)(H,17,18,19). The fraction of sp³-hybridized carbons (Fsp3) is 0.400. The lowest BCUT2D eigenvalue weighted by molar-refractivity contribution is 0.101. The van der Waals surface area contributed by atoms with Crippen molar-refractivity contribution < 1.29 is 9.90 Å². The molecule has 0 spiro atoms. The molecule has 0 aliphatic rings. The fourth-order valence-corrected chi connectivity index (χ4v) is 1.81. The summed E-state index contributed by atoms with van der Waals surface area (Å²) in [5.41, 5.74) is 1.91. The van der Waals surface area contributed by atoms with E-state index in [1.54, 1.807) is 19.1 Å². The molecule has 0 unspecified atom stereocenters. The lowest BCUT2D eigenvalue weighted by Crippen LogP contribution is -2.16. The van der Waals surface area contributed by atoms with E-state index in [9.17, 15) is 9.90 Å². The highest BCUT2D eigenvalue weighted by molar-refractivity contribution is 6.02. The highest BCUT2D eigenvalue weighted by atomic mass is 16.3. The van der Waals surface area contributed by atoms with Crippen LogP contribution in [0.3, 0.4) is 0 Å². The van der Waals surface area contributed by atoms with Gasteiger partial charge in [0.2, 0.25) is 5.82 Å². The molecule has 0 atom stereocenters. The van der Waals surface area contributed by atoms with E-state index in [2.05, 4.69) is 20.5 Å². The van der Waals surface area contributed by atoms with E-state index >= 15 is 0 Å². The molecule has 0 aliphatic carbocycles. The summed E-state index contributed by atoms with van der Waals surface area (Å²) >= 11 is 0. The Kier molecular flexibility index (Phi) is 3.72. The molecule has 1 amide bonds. The molecule has 2 rings (SSSR count). The molecule has 0 saturated heterocycles. The third-order valence-corrected chi connectivity index (χ3v) is 3.19. The van der Waals surface area contributed by atoms with Crippen LogP contribution in [0.5, 0.6) is 5.75 Å². The number of hydrogen-bond acceptors (Lipinski definition) is 4. The number of carbonyl (C=O) groups excluding carboxylic acids is 1. The van der Waals surface area contributed by atoms with Crippen LogP contribution in [0.1, 0.15) is 48.3 Å². The van der Waals surface area contributed by atoms with Crippen LogP contribution in [0.25, 0.3) is 0 Å². The molecular weight excluding hydrogens is 268 g/mol. The molecule has 1 heterocycles. The molecule has 2 aromatic rings. The number of aromatic amines is 1. The van der Waals surface area contributed by atoms with Gasteiger partial charge < -0.3 is 10.4 Å². The number of nitrogens with zero attached hydrogens (tertiary/aromatic N) is 2. The number of phenolic OH excluding ortho intramolecular Hbond substituents is 1. The SMILES string of the molecule is Cc1cc(NC(=O)c2n[nH]c(C(C)(C)C)n2)c(C)cc1O. The fourth-order valence-electron chi connectivity index (χ4n) is 1.81. The van der Waals surface area contributed by atoms with Gasteiger partial charge in [-0.15, -0.1) is 5.10 Å². The Bertz CT molecular complexity index is 683. The molecule has 112 valence electrons. The van der Waals surface area contributed by atoms with Crippen molar-refractivity contribution in [2.45, 2.75) is 40.0 Å². The second kappa shape index (κ2) is 5.20. The summed E-state index contributed by atoms with van der Waals surface area (Å²) in [5, 5.41) is 19.1. The Morgan fingerprint density at radius 2 is 1.90 bits per heavy atom. The number of hydrogen-bond donors (Lipinski definition) is 3. The monoisotopic (exact) mass is 288 g/mol. The van der Waals surface area contributed by atoms with E-state index < -0.39 is 0 Å². The van der Waals surface area contributed by atoms with Crippen LogP contribution in [-0.2, 0) is 5.41 Å². The van der Waals surface area contributed by atoms with Crippen LogP contribution >= 0.6 is 0 Å². The summed E-state index contributed by atoms with van der Waals surface area (Å²) in [7, 11) is 0. The summed E-state index contributed by atoms with van der Waals surface area (Å²) in [6, 6.07) is 3.34. The molecular formula is C15H20N4O2. The third kappa shape index (κ3) is 3.21. The Hall–Kier alpha value is -2.37. The molecule has 0 aliphatic heterocycles. The molecule has 3 N–H and O–H groups in total. The zero-order valence-corrected chi connectivity index (χ0v) is 12.9. The minimum absolute atomic E-state index is 0.102. The van der Waals surface area contributed by atoms with E-state index in [0.29, 0.717) is 17.1 Å². The first kappa shape index (κ1) is 15.0. The van der Waals surface area contributed by atoms with Crippen LogP contribution in [0.15, 0.2) is 12.1 Å². The number of aromatic hydroxyl groups is 1. The van der Waals surface area contributed by atoms with Crippen LogP contribution < -0.4 is 5.32 Å². The van der Waals surface area contributed by atoms with E-state index in [-0.39, 0.29) is 22.9 Å². The Balaban J connectivity index is 2.22. The van der Waals surface area contributed by atoms with Gasteiger partial charge in [-0.3, -0.25) is 9.89 Å². The first-order chi connectivity index (χ1) is 9.68. The molecule has 0 saturated carbocycles. The number of rotatable bonds is 2. The number of aromatic nitrogens is 3. The predicted octanol–water partition coefficient (Wildman–Crippen LogP) is 2.68. The smallest absolute Gasteiger partial charge is 0.295 e. The van der Waals surface area contributed by atoms with Crippen molar-refractivity contribution >= 4 is 11.6 Å². The van der Waals surface area contributed by atoms with E-state index in [1.165, 1.54) is 0 Å². The van der Waals surface area contributed by atoms with Gasteiger partial charge in [0, 0.05) is 11.1 Å². The average Bonchev–Trinajstić information content (AvgIpc) is 2.85. The van der Waals surface area contributed by atoms with Gasteiger partial charge in [-0.05, 0) is 37.1 Å². The van der Waals surface area contributed by atoms with E-state index in [0.717, 1.165) is 5.56 Å². The maximum Gasteiger partial charge on any atom is 0.295 e. The number of nitrogens with one attached hydrogen (secondary N) is 2. The molecule has 6 nitrogen and oxygen atoms in total. The highest BCUT2D eigenvalue weighted by Gasteiger charge is 2.21. The van der Waals surface area contributed by atoms with Crippen molar-refractivity contribution in [2.75, 3.05) is 5.32 Å². The van der Waals surface area contributed by atoms with Gasteiger partial charge in [0.25, 0.3) is 5.91 Å². The number of phenols is 1. The van der Waals surface area contributed by atoms with Gasteiger partial charge in [0.05, 0.1) is 0 Å². The summed E-state index contributed by atoms with van der Waals surface area (Å²) in [6.45, 7) is 9.55. The summed E-state index contributed by atoms with van der Waals surface area (Å²) < 4.78 is 0. The molecule has 1 aromatic carbocycles. The zero-order chi connectivity index (χ0) is 15.8. The maximum atomic E-state index is 12.2. The van der Waals surface area contributed by atoms with Gasteiger partial charge in [-0.25, -0.2) is 4.98 Å². The van der Waals surface area contributed by atoms with Crippen molar-refractivity contribution in [3.8, 4) is 5.75 Å². The predicted molar refractivity (Wildman–Crippen MR) is 80.6 cm³/mol. The lowest BCUT2D eigenvalue weighted by Gasteiger charge is -2.13. The van der Waals surface area contributed by atoms with Crippen LogP contribution in [0.4, 0.5) is 5.69 Å². The summed E-state index contributed by atoms with van der Waals surface area (Å²) in [6.07, 6.45) is 0. The topological polar surface area (TPSA) is 90.9 Å². The van der Waals surface area contributed by atoms with E-state index in [4.69, 9.17) is 0 Å². The van der Waals surface area contributed by atoms with Gasteiger partial charge in [-0.1, -0.05) is 20.8 Å². The second-order valence-electron chi connectivity index (χ2n) is 6.17. The first-order valence-electron chi connectivity index (χ1n) is 6.73. The molecule has 6 heteroatoms. The number of H-pyrrole nitrogens is 1. The number of anilines is 1. The van der Waals surface area contributed by atoms with Gasteiger partial charge >= 0.3 is 0 Å². The summed E-state index contributed by atoms with van der Waals surface area (Å²) in [5.74, 6) is 0.588. The zero-order valence-electron chi connectivity index (χ0n) is 12.9. The maximum absolute atomic E-state index is 12.2. The van der Waals surface area contributed by atoms with Crippen molar-refractivity contribution in [3.63, 3.8) is 0 Å². The molecule has 0 fully saturated rings.